The summed E-state index contributed by atoms with van der Waals surface area (Å²) >= 11 is 0. The normalized spacial score (nSPS) is 13.8. The number of unbranched alkanes of at least 4 members (excludes halogenated alkanes) is 14. The summed E-state index contributed by atoms with van der Waals surface area (Å²) in [5, 5.41) is 0. The van der Waals surface area contributed by atoms with Crippen molar-refractivity contribution in [3.05, 3.63) is 12.2 Å². The fraction of sp³-hybridized carbons (Fsp3) is 0.840. The fourth-order valence-electron chi connectivity index (χ4n) is 3.93. The molecule has 1 aliphatic rings. The van der Waals surface area contributed by atoms with Crippen LogP contribution in [0.5, 0.6) is 0 Å². The van der Waals surface area contributed by atoms with E-state index in [2.05, 4.69) is 6.58 Å². The third kappa shape index (κ3) is 14.3. The van der Waals surface area contributed by atoms with Crippen molar-refractivity contribution in [2.45, 2.75) is 116 Å². The van der Waals surface area contributed by atoms with E-state index in [0.717, 1.165) is 38.8 Å². The van der Waals surface area contributed by atoms with Gasteiger partial charge in [0.15, 0.2) is 0 Å². The topological polar surface area (TPSA) is 46.6 Å². The SMILES string of the molecule is C=C(C)C(=O)OCCCCCCCCCCCCCCCCCN1CCCC1=O. The summed E-state index contributed by atoms with van der Waals surface area (Å²) in [7, 11) is 0. The predicted octanol–water partition coefficient (Wildman–Crippen LogP) is 6.58. The number of hydrogen-bond acceptors (Lipinski definition) is 3. The quantitative estimate of drug-likeness (QED) is 0.138. The summed E-state index contributed by atoms with van der Waals surface area (Å²) in [4.78, 5) is 24.8. The Kier molecular flexibility index (Phi) is 15.5. The zero-order valence-electron chi connectivity index (χ0n) is 19.0. The highest BCUT2D eigenvalue weighted by Crippen LogP contribution is 2.15. The molecule has 4 heteroatoms. The molecule has 0 unspecified atom stereocenters. The van der Waals surface area contributed by atoms with Crippen LogP contribution in [0.15, 0.2) is 12.2 Å². The van der Waals surface area contributed by atoms with Crippen molar-refractivity contribution in [3.8, 4) is 0 Å². The van der Waals surface area contributed by atoms with Crippen molar-refractivity contribution in [1.29, 1.82) is 0 Å². The van der Waals surface area contributed by atoms with E-state index in [9.17, 15) is 9.59 Å². The van der Waals surface area contributed by atoms with Crippen molar-refractivity contribution in [2.24, 2.45) is 0 Å². The van der Waals surface area contributed by atoms with Gasteiger partial charge in [0.1, 0.15) is 0 Å². The first-order chi connectivity index (χ1) is 14.1. The third-order valence-corrected chi connectivity index (χ3v) is 5.83. The van der Waals surface area contributed by atoms with E-state index in [1.807, 2.05) is 4.90 Å². The summed E-state index contributed by atoms with van der Waals surface area (Å²) in [6.45, 7) is 7.78. The summed E-state index contributed by atoms with van der Waals surface area (Å²) in [6, 6.07) is 0. The number of ether oxygens (including phenoxy) is 1. The first-order valence-electron chi connectivity index (χ1n) is 12.2. The molecule has 29 heavy (non-hydrogen) atoms. The van der Waals surface area contributed by atoms with Crippen LogP contribution in [0.3, 0.4) is 0 Å². The number of esters is 1. The van der Waals surface area contributed by atoms with Crippen LogP contribution in [0.25, 0.3) is 0 Å². The zero-order valence-corrected chi connectivity index (χ0v) is 19.0. The molecular weight excluding hydrogens is 362 g/mol. The van der Waals surface area contributed by atoms with Gasteiger partial charge >= 0.3 is 5.97 Å². The molecule has 0 aromatic rings. The van der Waals surface area contributed by atoms with Crippen LogP contribution in [0.2, 0.25) is 0 Å². The molecule has 0 radical (unpaired) electrons. The lowest BCUT2D eigenvalue weighted by Crippen LogP contribution is -2.25. The maximum atomic E-state index is 11.5. The molecule has 1 fully saturated rings. The Bertz CT molecular complexity index is 461. The molecule has 0 atom stereocenters. The smallest absolute Gasteiger partial charge is 0.333 e. The van der Waals surface area contributed by atoms with Crippen LogP contribution in [0.4, 0.5) is 0 Å². The van der Waals surface area contributed by atoms with E-state index >= 15 is 0 Å². The van der Waals surface area contributed by atoms with Crippen molar-refractivity contribution in [3.63, 3.8) is 0 Å². The molecule has 0 aromatic carbocycles. The summed E-state index contributed by atoms with van der Waals surface area (Å²) in [6.07, 6.45) is 21.3. The Morgan fingerprint density at radius 1 is 0.828 bits per heavy atom. The van der Waals surface area contributed by atoms with Crippen LogP contribution < -0.4 is 0 Å². The van der Waals surface area contributed by atoms with Crippen LogP contribution in [0, 0.1) is 0 Å². The van der Waals surface area contributed by atoms with E-state index in [4.69, 9.17) is 4.74 Å². The summed E-state index contributed by atoms with van der Waals surface area (Å²) in [5.74, 6) is 0.104. The molecule has 4 nitrogen and oxygen atoms in total. The van der Waals surface area contributed by atoms with Crippen molar-refractivity contribution in [2.75, 3.05) is 19.7 Å². The predicted molar refractivity (Wildman–Crippen MR) is 121 cm³/mol. The first-order valence-corrected chi connectivity index (χ1v) is 12.2. The molecular formula is C25H45NO3. The third-order valence-electron chi connectivity index (χ3n) is 5.83. The van der Waals surface area contributed by atoms with Gasteiger partial charge < -0.3 is 9.64 Å². The van der Waals surface area contributed by atoms with Gasteiger partial charge in [0, 0.05) is 25.1 Å². The highest BCUT2D eigenvalue weighted by molar-refractivity contribution is 5.86. The number of likely N-dealkylation sites (tertiary alicyclic amines) is 1. The number of carbonyl (C=O) groups excluding carboxylic acids is 2. The minimum absolute atomic E-state index is 0.264. The van der Waals surface area contributed by atoms with E-state index in [-0.39, 0.29) is 5.97 Å². The lowest BCUT2D eigenvalue weighted by molar-refractivity contribution is -0.139. The Morgan fingerprint density at radius 2 is 1.28 bits per heavy atom. The Balaban J connectivity index is 1.69. The van der Waals surface area contributed by atoms with E-state index in [0.29, 0.717) is 18.1 Å². The van der Waals surface area contributed by atoms with E-state index in [1.54, 1.807) is 6.92 Å². The molecule has 1 rings (SSSR count). The van der Waals surface area contributed by atoms with Gasteiger partial charge in [-0.15, -0.1) is 0 Å². The molecule has 0 aromatic heterocycles. The highest BCUT2D eigenvalue weighted by Gasteiger charge is 2.18. The van der Waals surface area contributed by atoms with Gasteiger partial charge in [-0.3, -0.25) is 4.79 Å². The van der Waals surface area contributed by atoms with Gasteiger partial charge in [-0.25, -0.2) is 4.79 Å². The number of rotatable bonds is 19. The zero-order chi connectivity index (χ0) is 21.2. The molecule has 1 aliphatic heterocycles. The molecule has 0 bridgehead atoms. The molecule has 0 aliphatic carbocycles. The largest absolute Gasteiger partial charge is 0.462 e. The van der Waals surface area contributed by atoms with Crippen LogP contribution in [-0.2, 0) is 14.3 Å². The standard InChI is InChI=1S/C25H45NO3/c1-23(2)25(28)29-22-17-15-13-11-9-7-5-3-4-6-8-10-12-14-16-20-26-21-18-19-24(26)27/h1,3-22H2,2H3. The van der Waals surface area contributed by atoms with Crippen molar-refractivity contribution in [1.82, 2.24) is 4.90 Å². The van der Waals surface area contributed by atoms with Gasteiger partial charge in [0.2, 0.25) is 5.91 Å². The van der Waals surface area contributed by atoms with Gasteiger partial charge in [-0.05, 0) is 26.2 Å². The second-order valence-corrected chi connectivity index (χ2v) is 8.70. The molecule has 1 saturated heterocycles. The average Bonchev–Trinajstić information content (AvgIpc) is 3.11. The van der Waals surface area contributed by atoms with Gasteiger partial charge in [-0.1, -0.05) is 90.0 Å². The van der Waals surface area contributed by atoms with Gasteiger partial charge in [-0.2, -0.15) is 0 Å². The van der Waals surface area contributed by atoms with Gasteiger partial charge in [0.25, 0.3) is 0 Å². The highest BCUT2D eigenvalue weighted by atomic mass is 16.5. The minimum Gasteiger partial charge on any atom is -0.462 e. The lowest BCUT2D eigenvalue weighted by Gasteiger charge is -2.14. The molecule has 0 saturated carbocycles. The van der Waals surface area contributed by atoms with E-state index in [1.165, 1.54) is 83.5 Å². The van der Waals surface area contributed by atoms with Crippen molar-refractivity contribution >= 4 is 11.9 Å². The number of carbonyl (C=O) groups is 2. The average molecular weight is 408 g/mol. The van der Waals surface area contributed by atoms with Crippen LogP contribution in [-0.4, -0.2) is 36.5 Å². The first kappa shape index (κ1) is 25.7. The Labute approximate surface area is 179 Å². The molecule has 0 N–H and O–H groups in total. The molecule has 0 spiro atoms. The van der Waals surface area contributed by atoms with Crippen LogP contribution in [0.1, 0.15) is 116 Å². The fourth-order valence-corrected chi connectivity index (χ4v) is 3.93. The Hall–Kier alpha value is -1.32. The number of amides is 1. The van der Waals surface area contributed by atoms with Crippen LogP contribution >= 0.6 is 0 Å². The van der Waals surface area contributed by atoms with Crippen molar-refractivity contribution < 1.29 is 14.3 Å². The van der Waals surface area contributed by atoms with E-state index < -0.39 is 0 Å². The maximum Gasteiger partial charge on any atom is 0.333 e. The molecule has 168 valence electrons. The molecule has 1 amide bonds. The second kappa shape index (κ2) is 17.5. The number of hydrogen-bond donors (Lipinski definition) is 0. The summed E-state index contributed by atoms with van der Waals surface area (Å²) < 4.78 is 5.09. The summed E-state index contributed by atoms with van der Waals surface area (Å²) in [5.41, 5.74) is 0.483. The lowest BCUT2D eigenvalue weighted by atomic mass is 10.0. The second-order valence-electron chi connectivity index (χ2n) is 8.70. The van der Waals surface area contributed by atoms with Gasteiger partial charge in [0.05, 0.1) is 6.61 Å². The molecule has 1 heterocycles. The minimum atomic E-state index is -0.264. The number of nitrogens with zero attached hydrogens (tertiary/aromatic N) is 1. The maximum absolute atomic E-state index is 11.5. The Morgan fingerprint density at radius 3 is 1.69 bits per heavy atom. The monoisotopic (exact) mass is 407 g/mol.